The minimum Gasteiger partial charge on any atom is -0.484 e. The summed E-state index contributed by atoms with van der Waals surface area (Å²) in [5.74, 6) is 0.605. The first-order chi connectivity index (χ1) is 12.2. The number of halogens is 2. The maximum absolute atomic E-state index is 12.6. The zero-order valence-electron chi connectivity index (χ0n) is 14.5. The molecule has 0 bridgehead atoms. The van der Waals surface area contributed by atoms with Gasteiger partial charge >= 0.3 is 0 Å². The number of ketones is 1. The highest BCUT2D eigenvalue weighted by molar-refractivity contribution is 9.10. The molecule has 1 atom stereocenters. The Morgan fingerprint density at radius 1 is 1.35 bits per heavy atom. The summed E-state index contributed by atoms with van der Waals surface area (Å²) in [5, 5.41) is 0.425. The fraction of sp³-hybridized carbons (Fsp3) is 0.389. The molecule has 0 aliphatic carbocycles. The molecule has 140 valence electrons. The van der Waals surface area contributed by atoms with Gasteiger partial charge in [0.2, 0.25) is 5.78 Å². The molecule has 8 heteroatoms. The molecule has 0 N–H and O–H groups in total. The lowest BCUT2D eigenvalue weighted by Gasteiger charge is -2.16. The molecule has 5 nitrogen and oxygen atoms in total. The van der Waals surface area contributed by atoms with Crippen molar-refractivity contribution in [2.24, 2.45) is 0 Å². The van der Waals surface area contributed by atoms with Crippen LogP contribution in [0.5, 0.6) is 5.75 Å². The molecule has 2 heterocycles. The van der Waals surface area contributed by atoms with Crippen molar-refractivity contribution < 1.29 is 17.9 Å². The molecule has 0 unspecified atom stereocenters. The highest BCUT2D eigenvalue weighted by Crippen LogP contribution is 2.30. The lowest BCUT2D eigenvalue weighted by Crippen LogP contribution is -2.16. The second kappa shape index (κ2) is 7.37. The van der Waals surface area contributed by atoms with E-state index in [1.165, 1.54) is 0 Å². The Hall–Kier alpha value is -1.31. The van der Waals surface area contributed by atoms with Crippen LogP contribution in [0, 0.1) is 13.8 Å². The number of rotatable bonds is 5. The predicted molar refractivity (Wildman–Crippen MR) is 105 cm³/mol. The largest absolute Gasteiger partial charge is 0.484 e. The minimum atomic E-state index is -2.99. The van der Waals surface area contributed by atoms with Gasteiger partial charge in [-0.2, -0.15) is 0 Å². The molecule has 3 rings (SSSR count). The first-order valence-corrected chi connectivity index (χ1v) is 11.2. The van der Waals surface area contributed by atoms with Crippen LogP contribution < -0.4 is 4.74 Å². The molecule has 26 heavy (non-hydrogen) atoms. The first kappa shape index (κ1) is 19.5. The van der Waals surface area contributed by atoms with Gasteiger partial charge in [0.05, 0.1) is 16.5 Å². The summed E-state index contributed by atoms with van der Waals surface area (Å²) in [6.07, 6.45) is 0.581. The van der Waals surface area contributed by atoms with Crippen molar-refractivity contribution in [3.63, 3.8) is 0 Å². The van der Waals surface area contributed by atoms with Crippen LogP contribution in [0.4, 0.5) is 0 Å². The van der Waals surface area contributed by atoms with Crippen molar-refractivity contribution in [1.82, 2.24) is 4.57 Å². The van der Waals surface area contributed by atoms with E-state index in [4.69, 9.17) is 16.3 Å². The summed E-state index contributed by atoms with van der Waals surface area (Å²) in [6, 6.07) is 6.89. The van der Waals surface area contributed by atoms with E-state index >= 15 is 0 Å². The van der Waals surface area contributed by atoms with Crippen molar-refractivity contribution >= 4 is 43.2 Å². The fourth-order valence-electron chi connectivity index (χ4n) is 3.41. The lowest BCUT2D eigenvalue weighted by molar-refractivity contribution is 0.0921. The summed E-state index contributed by atoms with van der Waals surface area (Å²) in [4.78, 5) is 12.6. The molecule has 2 aromatic rings. The number of sulfone groups is 1. The number of carbonyl (C=O) groups excluding carboxylic acids is 1. The monoisotopic (exact) mass is 459 g/mol. The van der Waals surface area contributed by atoms with E-state index in [2.05, 4.69) is 15.9 Å². The Morgan fingerprint density at radius 2 is 2.08 bits per heavy atom. The highest BCUT2D eigenvalue weighted by Gasteiger charge is 2.31. The van der Waals surface area contributed by atoms with E-state index < -0.39 is 9.84 Å². The summed E-state index contributed by atoms with van der Waals surface area (Å²) in [5.41, 5.74) is 2.22. The topological polar surface area (TPSA) is 65.4 Å². The van der Waals surface area contributed by atoms with Crippen molar-refractivity contribution in [3.05, 3.63) is 50.7 Å². The lowest BCUT2D eigenvalue weighted by atomic mass is 10.1. The van der Waals surface area contributed by atoms with Crippen LogP contribution in [0.3, 0.4) is 0 Å². The smallest absolute Gasteiger partial charge is 0.202 e. The molecule has 0 amide bonds. The molecule has 0 spiro atoms. The number of aryl methyl sites for hydroxylation is 1. The van der Waals surface area contributed by atoms with Crippen molar-refractivity contribution in [3.8, 4) is 5.75 Å². The molecule has 0 radical (unpaired) electrons. The molecule has 1 aromatic carbocycles. The molecule has 1 aromatic heterocycles. The molecular formula is C18H19BrClNO4S. The van der Waals surface area contributed by atoms with E-state index in [0.717, 1.165) is 15.9 Å². The standard InChI is InChI=1S/C18H19BrClNO4S/c1-11-7-15(12(2)21(11)14-5-6-26(23,24)10-14)17(22)9-25-18-4-3-13(19)8-16(18)20/h3-4,7-8,14H,5-6,9-10H2,1-2H3/t14-/m0/s1. The number of carbonyl (C=O) groups is 1. The summed E-state index contributed by atoms with van der Waals surface area (Å²) in [6.45, 7) is 3.60. The Balaban J connectivity index is 1.77. The van der Waals surface area contributed by atoms with Gasteiger partial charge in [-0.15, -0.1) is 0 Å². The second-order valence-corrected chi connectivity index (χ2v) is 10.0. The third kappa shape index (κ3) is 4.00. The van der Waals surface area contributed by atoms with Gasteiger partial charge in [0.15, 0.2) is 16.4 Å². The maximum Gasteiger partial charge on any atom is 0.202 e. The maximum atomic E-state index is 12.6. The van der Waals surface area contributed by atoms with Gasteiger partial charge < -0.3 is 9.30 Å². The minimum absolute atomic E-state index is 0.108. The van der Waals surface area contributed by atoms with Crippen LogP contribution in [-0.2, 0) is 9.84 Å². The van der Waals surface area contributed by atoms with E-state index in [0.29, 0.717) is 22.8 Å². The van der Waals surface area contributed by atoms with Gasteiger partial charge in [0.25, 0.3) is 0 Å². The van der Waals surface area contributed by atoms with Gasteiger partial charge in [-0.3, -0.25) is 4.79 Å². The van der Waals surface area contributed by atoms with Crippen LogP contribution in [0.15, 0.2) is 28.7 Å². The van der Waals surface area contributed by atoms with Crippen LogP contribution in [-0.4, -0.2) is 36.9 Å². The average Bonchev–Trinajstić information content (AvgIpc) is 3.05. The Kier molecular flexibility index (Phi) is 5.51. The quantitative estimate of drug-likeness (QED) is 0.629. The van der Waals surface area contributed by atoms with E-state index in [-0.39, 0.29) is 29.9 Å². The van der Waals surface area contributed by atoms with E-state index in [1.807, 2.05) is 18.4 Å². The summed E-state index contributed by atoms with van der Waals surface area (Å²) in [7, 11) is -2.99. The van der Waals surface area contributed by atoms with E-state index in [9.17, 15) is 13.2 Å². The first-order valence-electron chi connectivity index (χ1n) is 8.18. The van der Waals surface area contributed by atoms with Gasteiger partial charge in [0, 0.05) is 27.5 Å². The summed E-state index contributed by atoms with van der Waals surface area (Å²) >= 11 is 9.43. The molecule has 1 fully saturated rings. The van der Waals surface area contributed by atoms with Crippen LogP contribution in [0.1, 0.15) is 34.2 Å². The number of Topliss-reactive ketones (excluding diaryl/α,β-unsaturated/α-hetero) is 1. The van der Waals surface area contributed by atoms with Gasteiger partial charge in [-0.25, -0.2) is 8.42 Å². The second-order valence-electron chi connectivity index (χ2n) is 6.50. The van der Waals surface area contributed by atoms with Gasteiger partial charge in [-0.1, -0.05) is 27.5 Å². The Labute approximate surface area is 166 Å². The normalized spacial score (nSPS) is 18.8. The number of aromatic nitrogens is 1. The summed E-state index contributed by atoms with van der Waals surface area (Å²) < 4.78 is 31.9. The third-order valence-corrected chi connectivity index (χ3v) is 7.15. The fourth-order valence-corrected chi connectivity index (χ4v) is 5.84. The number of hydrogen-bond acceptors (Lipinski definition) is 4. The number of ether oxygens (including phenoxy) is 1. The number of nitrogens with zero attached hydrogens (tertiary/aromatic N) is 1. The molecule has 1 saturated heterocycles. The average molecular weight is 461 g/mol. The molecule has 1 aliphatic rings. The van der Waals surface area contributed by atoms with Crippen molar-refractivity contribution in [1.29, 1.82) is 0 Å². The molecule has 1 aliphatic heterocycles. The highest BCUT2D eigenvalue weighted by atomic mass is 79.9. The zero-order valence-corrected chi connectivity index (χ0v) is 17.6. The number of hydrogen-bond donors (Lipinski definition) is 0. The third-order valence-electron chi connectivity index (χ3n) is 4.61. The van der Waals surface area contributed by atoms with Gasteiger partial charge in [-0.05, 0) is 44.5 Å². The zero-order chi connectivity index (χ0) is 19.1. The predicted octanol–water partition coefficient (Wildman–Crippen LogP) is 4.14. The Morgan fingerprint density at radius 3 is 2.69 bits per heavy atom. The molecule has 0 saturated carbocycles. The van der Waals surface area contributed by atoms with Crippen molar-refractivity contribution in [2.75, 3.05) is 18.1 Å². The Bertz CT molecular complexity index is 968. The number of benzene rings is 1. The van der Waals surface area contributed by atoms with Crippen LogP contribution in [0.2, 0.25) is 5.02 Å². The SMILES string of the molecule is Cc1cc(C(=O)COc2ccc(Br)cc2Cl)c(C)n1[C@H]1CCS(=O)(=O)C1. The van der Waals surface area contributed by atoms with Crippen molar-refractivity contribution in [2.45, 2.75) is 26.3 Å². The van der Waals surface area contributed by atoms with Crippen LogP contribution >= 0.6 is 27.5 Å². The van der Waals surface area contributed by atoms with Gasteiger partial charge in [0.1, 0.15) is 5.75 Å². The van der Waals surface area contributed by atoms with E-state index in [1.54, 1.807) is 24.3 Å². The molecular weight excluding hydrogens is 442 g/mol. The van der Waals surface area contributed by atoms with Crippen LogP contribution in [0.25, 0.3) is 0 Å².